The van der Waals surface area contributed by atoms with E-state index in [1.165, 1.54) is 19.2 Å². The van der Waals surface area contributed by atoms with Crippen LogP contribution >= 0.6 is 0 Å². The number of carbonyl (C=O) groups is 2. The molecular weight excluding hydrogens is 553 g/mol. The number of carbonyl (C=O) groups excluding carboxylic acids is 1. The number of ether oxygens (including phenoxy) is 1. The zero-order chi connectivity index (χ0) is 31.1. The molecule has 0 aliphatic carbocycles. The van der Waals surface area contributed by atoms with Crippen molar-refractivity contribution in [3.63, 3.8) is 0 Å². The number of para-hydroxylation sites is 2. The minimum absolute atomic E-state index is 0.116. The number of aliphatic hydroxyl groups excluding tert-OH is 2. The molecule has 2 aromatic heterocycles. The topological polar surface area (TPSA) is 134 Å². The monoisotopic (exact) mass is 589 g/mol. The molecule has 4 aromatic rings. The molecule has 0 saturated carbocycles. The molecule has 4 rings (SSSR count). The average Bonchev–Trinajstić information content (AvgIpc) is 3.32. The zero-order valence-electron chi connectivity index (χ0n) is 24.3. The number of aliphatic hydroxyl groups is 2. The van der Waals surface area contributed by atoms with Gasteiger partial charge in [0.2, 0.25) is 0 Å². The van der Waals surface area contributed by atoms with Crippen molar-refractivity contribution in [3.05, 3.63) is 90.1 Å². The number of benzene rings is 2. The van der Waals surface area contributed by atoms with Crippen LogP contribution in [0.4, 0.5) is 10.1 Å². The fourth-order valence-corrected chi connectivity index (χ4v) is 5.33. The van der Waals surface area contributed by atoms with Crippen LogP contribution in [0, 0.1) is 5.82 Å². The fraction of sp³-hybridized carbons (Fsp3) is 0.303. The predicted molar refractivity (Wildman–Crippen MR) is 162 cm³/mol. The number of nitrogens with one attached hydrogen (secondary N) is 1. The summed E-state index contributed by atoms with van der Waals surface area (Å²) >= 11 is 0. The maximum absolute atomic E-state index is 14.2. The molecule has 0 bridgehead atoms. The van der Waals surface area contributed by atoms with Crippen molar-refractivity contribution in [2.75, 3.05) is 12.4 Å². The Bertz CT molecular complexity index is 1550. The van der Waals surface area contributed by atoms with Crippen LogP contribution in [0.15, 0.2) is 73.1 Å². The number of methoxy groups -OCH3 is 1. The average molecular weight is 590 g/mol. The van der Waals surface area contributed by atoms with Crippen LogP contribution in [-0.2, 0) is 11.3 Å². The number of hydrogen-bond donors (Lipinski definition) is 4. The first-order valence-corrected chi connectivity index (χ1v) is 14.1. The van der Waals surface area contributed by atoms with Gasteiger partial charge in [-0.2, -0.15) is 0 Å². The molecule has 0 fully saturated rings. The molecule has 0 saturated heterocycles. The minimum atomic E-state index is -1.20. The van der Waals surface area contributed by atoms with Gasteiger partial charge in [0.05, 0.1) is 42.7 Å². The van der Waals surface area contributed by atoms with Gasteiger partial charge >= 0.3 is 5.97 Å². The number of amides is 1. The van der Waals surface area contributed by atoms with Gasteiger partial charge < -0.3 is 29.9 Å². The SMILES string of the molecule is COc1ccccc1NC(=O)c1c(-c2ccncc2)c(-c2ccc(F)cc2)n(CC[C@@H](O)C[C@@H](O)CC(=O)O)c1C(C)C. The molecule has 2 heterocycles. The summed E-state index contributed by atoms with van der Waals surface area (Å²) in [4.78, 5) is 29.4. The van der Waals surface area contributed by atoms with Gasteiger partial charge in [0.1, 0.15) is 11.6 Å². The Labute approximate surface area is 249 Å². The van der Waals surface area contributed by atoms with Crippen molar-refractivity contribution >= 4 is 17.6 Å². The fourth-order valence-electron chi connectivity index (χ4n) is 5.33. The number of pyridine rings is 1. The van der Waals surface area contributed by atoms with Gasteiger partial charge in [0, 0.05) is 30.2 Å². The summed E-state index contributed by atoms with van der Waals surface area (Å²) in [7, 11) is 1.52. The minimum Gasteiger partial charge on any atom is -0.495 e. The lowest BCUT2D eigenvalue weighted by molar-refractivity contribution is -0.139. The van der Waals surface area contributed by atoms with E-state index < -0.39 is 30.4 Å². The molecule has 1 amide bonds. The number of carboxylic acid groups (broad SMARTS) is 1. The third-order valence-electron chi connectivity index (χ3n) is 7.16. The summed E-state index contributed by atoms with van der Waals surface area (Å²) in [6, 6.07) is 16.7. The summed E-state index contributed by atoms with van der Waals surface area (Å²) in [6.45, 7) is 4.16. The van der Waals surface area contributed by atoms with Gasteiger partial charge in [-0.1, -0.05) is 26.0 Å². The number of aromatic nitrogens is 2. The van der Waals surface area contributed by atoms with E-state index >= 15 is 0 Å². The lowest BCUT2D eigenvalue weighted by atomic mass is 9.95. The summed E-state index contributed by atoms with van der Waals surface area (Å²) < 4.78 is 21.5. The van der Waals surface area contributed by atoms with E-state index in [9.17, 15) is 24.2 Å². The van der Waals surface area contributed by atoms with Crippen molar-refractivity contribution in [2.24, 2.45) is 0 Å². The second-order valence-electron chi connectivity index (χ2n) is 10.6. The van der Waals surface area contributed by atoms with Gasteiger partial charge in [-0.25, -0.2) is 4.39 Å². The highest BCUT2D eigenvalue weighted by molar-refractivity contribution is 6.13. The summed E-state index contributed by atoms with van der Waals surface area (Å²) in [5, 5.41) is 32.8. The maximum Gasteiger partial charge on any atom is 0.305 e. The van der Waals surface area contributed by atoms with Gasteiger partial charge in [-0.3, -0.25) is 14.6 Å². The second-order valence-corrected chi connectivity index (χ2v) is 10.6. The molecular formula is C33H36FN3O6. The molecule has 0 radical (unpaired) electrons. The number of halogens is 1. The van der Waals surface area contributed by atoms with Gasteiger partial charge in [-0.05, 0) is 78.4 Å². The van der Waals surface area contributed by atoms with E-state index in [-0.39, 0.29) is 31.2 Å². The smallest absolute Gasteiger partial charge is 0.305 e. The molecule has 0 aliphatic rings. The van der Waals surface area contributed by atoms with E-state index in [4.69, 9.17) is 9.84 Å². The molecule has 4 N–H and O–H groups in total. The standard InChI is InChI=1S/C33H36FN3O6/c1-20(2)31-30(33(42)36-26-6-4-5-7-27(26)43-3)29(21-12-15-35-16-13-21)32(22-8-10-23(34)11-9-22)37(31)17-14-24(38)18-25(39)19-28(40)41/h4-13,15-16,20,24-25,38-39H,14,17-19H2,1-3H3,(H,36,42)(H,40,41)/t24-,25-/m1/s1. The second kappa shape index (κ2) is 14.1. The third-order valence-corrected chi connectivity index (χ3v) is 7.16. The number of nitrogens with zero attached hydrogens (tertiary/aromatic N) is 2. The van der Waals surface area contributed by atoms with E-state index in [1.54, 1.807) is 60.9 Å². The molecule has 10 heteroatoms. The Morgan fingerprint density at radius 3 is 2.28 bits per heavy atom. The lowest BCUT2D eigenvalue weighted by Gasteiger charge is -2.20. The van der Waals surface area contributed by atoms with Crippen LogP contribution in [0.2, 0.25) is 0 Å². The number of carboxylic acids is 1. The number of aliphatic carboxylic acids is 1. The van der Waals surface area contributed by atoms with Crippen molar-refractivity contribution < 1.29 is 34.0 Å². The third kappa shape index (κ3) is 7.46. The molecule has 226 valence electrons. The molecule has 0 spiro atoms. The first-order valence-electron chi connectivity index (χ1n) is 14.1. The van der Waals surface area contributed by atoms with Gasteiger partial charge in [0.25, 0.3) is 5.91 Å². The van der Waals surface area contributed by atoms with Crippen LogP contribution < -0.4 is 10.1 Å². The Hall–Kier alpha value is -4.54. The molecule has 2 atom stereocenters. The number of hydrogen-bond acceptors (Lipinski definition) is 6. The van der Waals surface area contributed by atoms with Crippen LogP contribution in [0.3, 0.4) is 0 Å². The van der Waals surface area contributed by atoms with Crippen LogP contribution in [-0.4, -0.2) is 56.1 Å². The highest BCUT2D eigenvalue weighted by atomic mass is 19.1. The Morgan fingerprint density at radius 2 is 1.65 bits per heavy atom. The quantitative estimate of drug-likeness (QED) is 0.157. The van der Waals surface area contributed by atoms with Crippen molar-refractivity contribution in [3.8, 4) is 28.1 Å². The first-order chi connectivity index (χ1) is 20.6. The van der Waals surface area contributed by atoms with Gasteiger partial charge in [-0.15, -0.1) is 0 Å². The largest absolute Gasteiger partial charge is 0.495 e. The summed E-state index contributed by atoms with van der Waals surface area (Å²) in [5.41, 5.74) is 4.24. The molecule has 9 nitrogen and oxygen atoms in total. The van der Waals surface area contributed by atoms with E-state index in [2.05, 4.69) is 10.3 Å². The van der Waals surface area contributed by atoms with E-state index in [0.29, 0.717) is 39.5 Å². The van der Waals surface area contributed by atoms with Gasteiger partial charge in [0.15, 0.2) is 0 Å². The predicted octanol–water partition coefficient (Wildman–Crippen LogP) is 5.72. The number of anilines is 1. The molecule has 43 heavy (non-hydrogen) atoms. The van der Waals surface area contributed by atoms with E-state index in [0.717, 1.165) is 5.56 Å². The first kappa shape index (κ1) is 31.4. The lowest BCUT2D eigenvalue weighted by Crippen LogP contribution is -2.22. The highest BCUT2D eigenvalue weighted by Gasteiger charge is 2.31. The maximum atomic E-state index is 14.2. The van der Waals surface area contributed by atoms with Crippen molar-refractivity contribution in [1.82, 2.24) is 9.55 Å². The van der Waals surface area contributed by atoms with Crippen LogP contribution in [0.25, 0.3) is 22.4 Å². The Kier molecular flexibility index (Phi) is 10.3. The molecule has 0 aliphatic heterocycles. The Morgan fingerprint density at radius 1 is 0.977 bits per heavy atom. The summed E-state index contributed by atoms with van der Waals surface area (Å²) in [6.07, 6.45) is 0.633. The van der Waals surface area contributed by atoms with Crippen molar-refractivity contribution in [1.29, 1.82) is 0 Å². The van der Waals surface area contributed by atoms with Crippen molar-refractivity contribution in [2.45, 2.75) is 57.8 Å². The normalized spacial score (nSPS) is 12.6. The Balaban J connectivity index is 1.91. The van der Waals surface area contributed by atoms with Crippen LogP contribution in [0.1, 0.15) is 55.1 Å². The highest BCUT2D eigenvalue weighted by Crippen LogP contribution is 2.43. The summed E-state index contributed by atoms with van der Waals surface area (Å²) in [5.74, 6) is -1.61. The van der Waals surface area contributed by atoms with E-state index in [1.807, 2.05) is 18.4 Å². The zero-order valence-corrected chi connectivity index (χ0v) is 24.3. The van der Waals surface area contributed by atoms with Crippen LogP contribution in [0.5, 0.6) is 5.75 Å². The molecule has 0 unspecified atom stereocenters. The number of rotatable bonds is 13. The molecule has 2 aromatic carbocycles.